The topological polar surface area (TPSA) is 108 Å². The first-order valence-electron chi connectivity index (χ1n) is 24.4. The summed E-state index contributed by atoms with van der Waals surface area (Å²) in [4.78, 5) is 35.5. The Morgan fingerprint density at radius 3 is 1.33 bits per heavy atom. The number of phosphoric ester groups is 1. The van der Waals surface area contributed by atoms with Crippen LogP contribution in [0.4, 0.5) is 0 Å². The highest BCUT2D eigenvalue weighted by molar-refractivity contribution is 7.47. The molecule has 0 aromatic heterocycles. The van der Waals surface area contributed by atoms with Gasteiger partial charge < -0.3 is 18.9 Å². The van der Waals surface area contributed by atoms with Crippen LogP contribution in [0.3, 0.4) is 0 Å². The van der Waals surface area contributed by atoms with Gasteiger partial charge in [-0.25, -0.2) is 4.57 Å². The minimum absolute atomic E-state index is 0.0347. The van der Waals surface area contributed by atoms with Gasteiger partial charge in [0.15, 0.2) is 6.10 Å². The van der Waals surface area contributed by atoms with Gasteiger partial charge in [0, 0.05) is 12.8 Å². The van der Waals surface area contributed by atoms with Crippen molar-refractivity contribution in [2.45, 2.75) is 238 Å². The Labute approximate surface area is 358 Å². The maximum absolute atomic E-state index is 12.7. The summed E-state index contributed by atoms with van der Waals surface area (Å²) in [6.07, 6.45) is 44.0. The van der Waals surface area contributed by atoms with Crippen LogP contribution in [0.15, 0.2) is 12.2 Å². The van der Waals surface area contributed by atoms with Gasteiger partial charge >= 0.3 is 19.8 Å². The minimum Gasteiger partial charge on any atom is -0.462 e. The summed E-state index contributed by atoms with van der Waals surface area (Å²) in [5.41, 5.74) is 0. The summed E-state index contributed by atoms with van der Waals surface area (Å²) < 4.78 is 34.4. The minimum atomic E-state index is -4.37. The molecule has 0 rings (SSSR count). The zero-order valence-electron chi connectivity index (χ0n) is 38.8. The second kappa shape index (κ2) is 41.1. The molecule has 0 saturated heterocycles. The monoisotopic (exact) mass is 845 g/mol. The number of carbonyl (C=O) groups excluding carboxylic acids is 2. The molecule has 0 spiro atoms. The number of esters is 2. The molecule has 2 atom stereocenters. The maximum atomic E-state index is 12.7. The van der Waals surface area contributed by atoms with Crippen LogP contribution in [-0.2, 0) is 32.7 Å². The van der Waals surface area contributed by atoms with Crippen LogP contribution in [0.2, 0.25) is 0 Å². The SMILES string of the molecule is CCCC/C=C\CCCCCCCCCCCC(=O)O[C@H](COC(=O)CCCCCCCCCCCCCCCCCCCCC)COP(=O)(O)OCC[N+](C)(C)C. The van der Waals surface area contributed by atoms with E-state index in [2.05, 4.69) is 26.0 Å². The molecule has 0 radical (unpaired) electrons. The number of nitrogens with zero attached hydrogens (tertiary/aromatic N) is 1. The number of allylic oxidation sites excluding steroid dienone is 2. The van der Waals surface area contributed by atoms with E-state index in [-0.39, 0.29) is 25.6 Å². The second-order valence-corrected chi connectivity index (χ2v) is 19.3. The lowest BCUT2D eigenvalue weighted by molar-refractivity contribution is -0.870. The fourth-order valence-corrected chi connectivity index (χ4v) is 7.68. The molecule has 58 heavy (non-hydrogen) atoms. The molecule has 1 unspecified atom stereocenters. The maximum Gasteiger partial charge on any atom is 0.472 e. The van der Waals surface area contributed by atoms with Crippen LogP contribution < -0.4 is 0 Å². The van der Waals surface area contributed by atoms with Gasteiger partial charge in [-0.3, -0.25) is 18.6 Å². The van der Waals surface area contributed by atoms with Gasteiger partial charge in [-0.05, 0) is 32.1 Å². The highest BCUT2D eigenvalue weighted by atomic mass is 31.2. The fraction of sp³-hybridized carbons (Fsp3) is 0.917. The van der Waals surface area contributed by atoms with E-state index >= 15 is 0 Å². The van der Waals surface area contributed by atoms with Crippen LogP contribution in [0, 0.1) is 0 Å². The molecule has 9 nitrogen and oxygen atoms in total. The van der Waals surface area contributed by atoms with E-state index in [0.717, 1.165) is 38.5 Å². The molecule has 344 valence electrons. The molecule has 0 fully saturated rings. The molecule has 0 bridgehead atoms. The van der Waals surface area contributed by atoms with E-state index < -0.39 is 26.5 Å². The molecule has 0 amide bonds. The largest absolute Gasteiger partial charge is 0.472 e. The Kier molecular flexibility index (Phi) is 40.2. The molecule has 0 aliphatic heterocycles. The Morgan fingerprint density at radius 2 is 0.897 bits per heavy atom. The number of carbonyl (C=O) groups is 2. The number of rotatable bonds is 45. The first-order valence-corrected chi connectivity index (χ1v) is 25.9. The number of unbranched alkanes of at least 4 members (excludes halogenated alkanes) is 29. The van der Waals surface area contributed by atoms with Gasteiger partial charge in [0.05, 0.1) is 27.7 Å². The average molecular weight is 845 g/mol. The van der Waals surface area contributed by atoms with Crippen molar-refractivity contribution in [1.82, 2.24) is 0 Å². The van der Waals surface area contributed by atoms with E-state index in [1.807, 2.05) is 21.1 Å². The number of hydrogen-bond acceptors (Lipinski definition) is 7. The van der Waals surface area contributed by atoms with E-state index in [0.29, 0.717) is 23.9 Å². The Bertz CT molecular complexity index is 1000. The molecule has 0 aliphatic rings. The lowest BCUT2D eigenvalue weighted by Gasteiger charge is -2.24. The van der Waals surface area contributed by atoms with E-state index in [1.54, 1.807) is 0 Å². The summed E-state index contributed by atoms with van der Waals surface area (Å²) in [6.45, 7) is 4.43. The normalized spacial score (nSPS) is 13.6. The highest BCUT2D eigenvalue weighted by Crippen LogP contribution is 2.43. The lowest BCUT2D eigenvalue weighted by Crippen LogP contribution is -2.37. The molecule has 1 N–H and O–H groups in total. The van der Waals surface area contributed by atoms with Gasteiger partial charge in [0.2, 0.25) is 0 Å². The number of quaternary nitrogens is 1. The van der Waals surface area contributed by atoms with Crippen molar-refractivity contribution in [2.75, 3.05) is 47.5 Å². The second-order valence-electron chi connectivity index (χ2n) is 17.9. The quantitative estimate of drug-likeness (QED) is 0.0212. The van der Waals surface area contributed by atoms with Crippen molar-refractivity contribution in [3.8, 4) is 0 Å². The highest BCUT2D eigenvalue weighted by Gasteiger charge is 2.27. The molecule has 0 aliphatic carbocycles. The molecule has 0 heterocycles. The molecule has 0 aromatic rings. The van der Waals surface area contributed by atoms with Crippen molar-refractivity contribution >= 4 is 19.8 Å². The van der Waals surface area contributed by atoms with Gasteiger partial charge in [-0.1, -0.05) is 199 Å². The number of phosphoric acid groups is 1. The van der Waals surface area contributed by atoms with Crippen molar-refractivity contribution in [2.24, 2.45) is 0 Å². The van der Waals surface area contributed by atoms with Crippen molar-refractivity contribution in [3.63, 3.8) is 0 Å². The van der Waals surface area contributed by atoms with E-state index in [1.165, 1.54) is 161 Å². The van der Waals surface area contributed by atoms with E-state index in [4.69, 9.17) is 18.5 Å². The van der Waals surface area contributed by atoms with Crippen molar-refractivity contribution in [3.05, 3.63) is 12.2 Å². The van der Waals surface area contributed by atoms with Gasteiger partial charge in [0.1, 0.15) is 19.8 Å². The average Bonchev–Trinajstić information content (AvgIpc) is 3.17. The summed E-state index contributed by atoms with van der Waals surface area (Å²) in [6, 6.07) is 0. The third kappa shape index (κ3) is 44.3. The van der Waals surface area contributed by atoms with Crippen molar-refractivity contribution < 1.29 is 42.1 Å². The van der Waals surface area contributed by atoms with Crippen LogP contribution in [0.1, 0.15) is 232 Å². The van der Waals surface area contributed by atoms with Crippen LogP contribution in [0.25, 0.3) is 0 Å². The van der Waals surface area contributed by atoms with Crippen molar-refractivity contribution in [1.29, 1.82) is 0 Å². The molecular formula is C48H95NO8P+. The zero-order valence-corrected chi connectivity index (χ0v) is 39.7. The number of likely N-dealkylation sites (N-methyl/N-ethyl adjacent to an activating group) is 1. The van der Waals surface area contributed by atoms with Gasteiger partial charge in [-0.2, -0.15) is 0 Å². The smallest absolute Gasteiger partial charge is 0.462 e. The first kappa shape index (κ1) is 56.8. The standard InChI is InChI=1S/C48H94NO8P/c1-6-8-10-12-14-16-18-20-22-23-24-25-27-28-30-32-34-36-38-40-47(50)54-44-46(45-56-58(52,53)55-43-42-49(3,4)5)57-48(51)41-39-37-35-33-31-29-26-21-19-17-15-13-11-9-7-2/h13,15,46H,6-12,14,16-45H2,1-5H3/p+1/b15-13-/t46-/m1/s1. The molecule has 0 aromatic carbocycles. The zero-order chi connectivity index (χ0) is 42.8. The number of hydrogen-bond donors (Lipinski definition) is 1. The molecule has 10 heteroatoms. The Hall–Kier alpha value is -1.25. The Morgan fingerprint density at radius 1 is 0.517 bits per heavy atom. The van der Waals surface area contributed by atoms with Gasteiger partial charge in [-0.15, -0.1) is 0 Å². The summed E-state index contributed by atoms with van der Waals surface area (Å²) in [7, 11) is 1.49. The predicted molar refractivity (Wildman–Crippen MR) is 243 cm³/mol. The molecule has 0 saturated carbocycles. The first-order chi connectivity index (χ1) is 28.0. The Balaban J connectivity index is 4.23. The van der Waals surface area contributed by atoms with E-state index in [9.17, 15) is 19.0 Å². The predicted octanol–water partition coefficient (Wildman–Crippen LogP) is 14.1. The fourth-order valence-electron chi connectivity index (χ4n) is 6.94. The summed E-state index contributed by atoms with van der Waals surface area (Å²) >= 11 is 0. The molecular weight excluding hydrogens is 750 g/mol. The number of ether oxygens (including phenoxy) is 2. The lowest BCUT2D eigenvalue weighted by atomic mass is 10.0. The third-order valence-corrected chi connectivity index (χ3v) is 11.8. The third-order valence-electron chi connectivity index (χ3n) is 10.8. The summed E-state index contributed by atoms with van der Waals surface area (Å²) in [5.74, 6) is -0.787. The van der Waals surface area contributed by atoms with Crippen LogP contribution in [0.5, 0.6) is 0 Å². The van der Waals surface area contributed by atoms with Crippen LogP contribution in [-0.4, -0.2) is 74.9 Å². The summed E-state index contributed by atoms with van der Waals surface area (Å²) in [5, 5.41) is 0. The van der Waals surface area contributed by atoms with Gasteiger partial charge in [0.25, 0.3) is 0 Å². The van der Waals surface area contributed by atoms with Crippen LogP contribution >= 0.6 is 7.82 Å².